The number of rotatable bonds is 2. The average Bonchev–Trinajstić information content (AvgIpc) is 2.82. The van der Waals surface area contributed by atoms with Gasteiger partial charge >= 0.3 is 5.97 Å². The smallest absolute Gasteiger partial charge is 0.352 e. The van der Waals surface area contributed by atoms with E-state index in [1.165, 1.54) is 16.7 Å². The Bertz CT molecular complexity index is 478. The fourth-order valence-electron chi connectivity index (χ4n) is 2.90. The van der Waals surface area contributed by atoms with Crippen LogP contribution < -0.4 is 5.73 Å². The summed E-state index contributed by atoms with van der Waals surface area (Å²) in [7, 11) is 0. The van der Waals surface area contributed by atoms with E-state index in [0.29, 0.717) is 12.4 Å². The first-order valence-corrected chi connectivity index (χ1v) is 7.35. The van der Waals surface area contributed by atoms with Gasteiger partial charge in [0.1, 0.15) is 17.1 Å². The largest absolute Gasteiger partial charge is 0.477 e. The quantitative estimate of drug-likeness (QED) is 0.693. The number of fused-ring (bicyclic) bond motifs is 1. The molecular formula is C12H16N2O4S. The van der Waals surface area contributed by atoms with Gasteiger partial charge in [0.15, 0.2) is 0 Å². The van der Waals surface area contributed by atoms with Gasteiger partial charge in [-0.3, -0.25) is 9.69 Å². The first-order valence-electron chi connectivity index (χ1n) is 6.30. The first kappa shape index (κ1) is 13.0. The summed E-state index contributed by atoms with van der Waals surface area (Å²) in [5, 5.41) is 9.19. The molecule has 2 unspecified atom stereocenters. The zero-order valence-corrected chi connectivity index (χ0v) is 11.4. The predicted molar refractivity (Wildman–Crippen MR) is 69.3 cm³/mol. The zero-order valence-electron chi connectivity index (χ0n) is 10.5. The van der Waals surface area contributed by atoms with Crippen molar-refractivity contribution >= 4 is 23.6 Å². The first-order chi connectivity index (χ1) is 9.02. The molecule has 6 nitrogen and oxygen atoms in total. The lowest BCUT2D eigenvalue weighted by Crippen LogP contribution is -2.68. The Morgan fingerprint density at radius 3 is 2.89 bits per heavy atom. The fourth-order valence-corrected chi connectivity index (χ4v) is 4.23. The van der Waals surface area contributed by atoms with E-state index in [1.54, 1.807) is 0 Å². The van der Waals surface area contributed by atoms with E-state index in [1.807, 2.05) is 6.92 Å². The van der Waals surface area contributed by atoms with Gasteiger partial charge in [-0.1, -0.05) is 6.92 Å². The summed E-state index contributed by atoms with van der Waals surface area (Å²) in [5.74, 6) is -0.522. The maximum Gasteiger partial charge on any atom is 0.352 e. The minimum Gasteiger partial charge on any atom is -0.477 e. The van der Waals surface area contributed by atoms with Crippen LogP contribution in [0.25, 0.3) is 0 Å². The molecule has 2 fully saturated rings. The van der Waals surface area contributed by atoms with Crippen molar-refractivity contribution in [2.45, 2.75) is 30.9 Å². The molecule has 0 bridgehead atoms. The Morgan fingerprint density at radius 1 is 1.58 bits per heavy atom. The number of ether oxygens (including phenoxy) is 1. The highest BCUT2D eigenvalue weighted by Gasteiger charge is 2.53. The lowest BCUT2D eigenvalue weighted by atomic mass is 9.94. The molecular weight excluding hydrogens is 268 g/mol. The SMILES string of the molecule is CC1CCOC1C1=C(C(=O)O)N2C(=O)[C@@H](N)[C@@H]2SC1. The minimum atomic E-state index is -1.07. The van der Waals surface area contributed by atoms with E-state index in [4.69, 9.17) is 10.5 Å². The Kier molecular flexibility index (Phi) is 3.07. The maximum atomic E-state index is 11.8. The number of β-lactam (4-membered cyclic amide) rings is 1. The van der Waals surface area contributed by atoms with Crippen molar-refractivity contribution in [3.8, 4) is 0 Å². The molecule has 1 amide bonds. The Labute approximate surface area is 115 Å². The van der Waals surface area contributed by atoms with Crippen molar-refractivity contribution in [3.05, 3.63) is 11.3 Å². The van der Waals surface area contributed by atoms with Crippen LogP contribution in [-0.4, -0.2) is 51.8 Å². The molecule has 2 saturated heterocycles. The molecule has 3 aliphatic heterocycles. The van der Waals surface area contributed by atoms with E-state index >= 15 is 0 Å². The topological polar surface area (TPSA) is 92.9 Å². The summed E-state index contributed by atoms with van der Waals surface area (Å²) >= 11 is 1.52. The van der Waals surface area contributed by atoms with Crippen molar-refractivity contribution in [1.82, 2.24) is 4.90 Å². The molecule has 0 radical (unpaired) electrons. The van der Waals surface area contributed by atoms with Crippen LogP contribution in [0.5, 0.6) is 0 Å². The van der Waals surface area contributed by atoms with Gasteiger partial charge in [-0.05, 0) is 17.9 Å². The molecule has 3 aliphatic rings. The highest BCUT2D eigenvalue weighted by atomic mass is 32.2. The van der Waals surface area contributed by atoms with Gasteiger partial charge in [0, 0.05) is 12.4 Å². The van der Waals surface area contributed by atoms with E-state index in [-0.39, 0.29) is 29.0 Å². The minimum absolute atomic E-state index is 0.0919. The Morgan fingerprint density at radius 2 is 2.32 bits per heavy atom. The number of amides is 1. The summed E-state index contributed by atoms with van der Waals surface area (Å²) in [6.07, 6.45) is 0.729. The summed E-state index contributed by atoms with van der Waals surface area (Å²) in [6.45, 7) is 2.69. The van der Waals surface area contributed by atoms with Gasteiger partial charge in [-0.25, -0.2) is 4.79 Å². The van der Waals surface area contributed by atoms with E-state index in [9.17, 15) is 14.7 Å². The Hall–Kier alpha value is -1.05. The van der Waals surface area contributed by atoms with E-state index < -0.39 is 12.0 Å². The van der Waals surface area contributed by atoms with Crippen LogP contribution in [-0.2, 0) is 14.3 Å². The Balaban J connectivity index is 1.99. The van der Waals surface area contributed by atoms with Crippen LogP contribution in [0.4, 0.5) is 0 Å². The number of carbonyl (C=O) groups is 2. The van der Waals surface area contributed by atoms with E-state index in [0.717, 1.165) is 12.0 Å². The van der Waals surface area contributed by atoms with Crippen LogP contribution >= 0.6 is 11.8 Å². The number of aliphatic carboxylic acids is 1. The lowest BCUT2D eigenvalue weighted by Gasteiger charge is -2.48. The molecule has 3 heterocycles. The normalized spacial score (nSPS) is 38.2. The van der Waals surface area contributed by atoms with Crippen LogP contribution in [0, 0.1) is 5.92 Å². The molecule has 0 aromatic heterocycles. The van der Waals surface area contributed by atoms with Gasteiger partial charge in [0.2, 0.25) is 5.91 Å². The van der Waals surface area contributed by atoms with Gasteiger partial charge in [-0.15, -0.1) is 11.8 Å². The molecule has 0 aromatic rings. The average molecular weight is 284 g/mol. The number of hydrogen-bond donors (Lipinski definition) is 2. The highest BCUT2D eigenvalue weighted by molar-refractivity contribution is 8.00. The highest BCUT2D eigenvalue weighted by Crippen LogP contribution is 2.42. The third-order valence-corrected chi connectivity index (χ3v) is 5.30. The fraction of sp³-hybridized carbons (Fsp3) is 0.667. The summed E-state index contributed by atoms with van der Waals surface area (Å²) in [4.78, 5) is 24.6. The molecule has 7 heteroatoms. The second-order valence-electron chi connectivity index (χ2n) is 5.17. The van der Waals surface area contributed by atoms with Gasteiger partial charge < -0.3 is 15.6 Å². The van der Waals surface area contributed by atoms with Crippen molar-refractivity contribution in [1.29, 1.82) is 0 Å². The van der Waals surface area contributed by atoms with Gasteiger partial charge in [-0.2, -0.15) is 0 Å². The molecule has 19 heavy (non-hydrogen) atoms. The molecule has 0 spiro atoms. The summed E-state index contributed by atoms with van der Waals surface area (Å²) in [6, 6.07) is -0.581. The standard InChI is InChI=1S/C12H16N2O4S/c1-5-2-3-18-9(5)6-4-19-11-7(13)10(15)14(11)8(6)12(16)17/h5,7,9,11H,2-4,13H2,1H3,(H,16,17)/t5?,7-,9?,11+/m1/s1. The maximum absolute atomic E-state index is 11.8. The molecule has 0 saturated carbocycles. The number of carboxylic acid groups (broad SMARTS) is 1. The number of nitrogens with zero attached hydrogens (tertiary/aromatic N) is 1. The van der Waals surface area contributed by atoms with E-state index in [2.05, 4.69) is 0 Å². The second kappa shape index (κ2) is 4.50. The van der Waals surface area contributed by atoms with Gasteiger partial charge in [0.05, 0.1) is 6.10 Å². The molecule has 0 aromatic carbocycles. The lowest BCUT2D eigenvalue weighted by molar-refractivity contribution is -0.148. The zero-order chi connectivity index (χ0) is 13.7. The molecule has 3 rings (SSSR count). The monoisotopic (exact) mass is 284 g/mol. The second-order valence-corrected chi connectivity index (χ2v) is 6.28. The number of hydrogen-bond acceptors (Lipinski definition) is 5. The third-order valence-electron chi connectivity index (χ3n) is 3.97. The van der Waals surface area contributed by atoms with Crippen LogP contribution in [0.1, 0.15) is 13.3 Å². The summed E-state index contributed by atoms with van der Waals surface area (Å²) in [5.41, 5.74) is 6.52. The third kappa shape index (κ3) is 1.79. The van der Waals surface area contributed by atoms with Crippen LogP contribution in [0.2, 0.25) is 0 Å². The molecule has 3 N–H and O–H groups in total. The van der Waals surface area contributed by atoms with Crippen LogP contribution in [0.3, 0.4) is 0 Å². The number of thioether (sulfide) groups is 1. The van der Waals surface area contributed by atoms with Gasteiger partial charge in [0.25, 0.3) is 0 Å². The number of carbonyl (C=O) groups excluding carboxylic acids is 1. The number of carboxylic acids is 1. The predicted octanol–water partition coefficient (Wildman–Crippen LogP) is -0.00750. The molecule has 0 aliphatic carbocycles. The van der Waals surface area contributed by atoms with Crippen molar-refractivity contribution in [2.75, 3.05) is 12.4 Å². The molecule has 4 atom stereocenters. The van der Waals surface area contributed by atoms with Crippen molar-refractivity contribution in [2.24, 2.45) is 11.7 Å². The van der Waals surface area contributed by atoms with Crippen molar-refractivity contribution in [3.63, 3.8) is 0 Å². The van der Waals surface area contributed by atoms with Crippen molar-refractivity contribution < 1.29 is 19.4 Å². The number of nitrogens with two attached hydrogens (primary N) is 1. The van der Waals surface area contributed by atoms with Crippen LogP contribution in [0.15, 0.2) is 11.3 Å². The molecule has 104 valence electrons. The summed E-state index contributed by atoms with van der Waals surface area (Å²) < 4.78 is 5.65.